The van der Waals surface area contributed by atoms with E-state index >= 15 is 0 Å². The van der Waals surface area contributed by atoms with Gasteiger partial charge in [-0.1, -0.05) is 6.07 Å². The summed E-state index contributed by atoms with van der Waals surface area (Å²) in [7, 11) is 0. The first kappa shape index (κ1) is 12.4. The standard InChI is InChI=1S/C13H16O3/c1-8-5-10(3)12(6-9(8)2)13(15)7-16-11(4)14/h5-6H,7H2,1-4H3. The van der Waals surface area contributed by atoms with Crippen LogP contribution >= 0.6 is 0 Å². The van der Waals surface area contributed by atoms with E-state index in [0.29, 0.717) is 5.56 Å². The van der Waals surface area contributed by atoms with Crippen LogP contribution in [0.2, 0.25) is 0 Å². The zero-order valence-electron chi connectivity index (χ0n) is 10.1. The van der Waals surface area contributed by atoms with Crippen LogP contribution in [0.25, 0.3) is 0 Å². The van der Waals surface area contributed by atoms with Gasteiger partial charge < -0.3 is 4.74 Å². The Morgan fingerprint density at radius 2 is 1.62 bits per heavy atom. The molecule has 0 atom stereocenters. The second-order valence-electron chi connectivity index (χ2n) is 3.95. The fourth-order valence-electron chi connectivity index (χ4n) is 1.51. The summed E-state index contributed by atoms with van der Waals surface area (Å²) in [4.78, 5) is 22.4. The highest BCUT2D eigenvalue weighted by Gasteiger charge is 2.11. The van der Waals surface area contributed by atoms with Gasteiger partial charge in [-0.3, -0.25) is 9.59 Å². The SMILES string of the molecule is CC(=O)OCC(=O)c1cc(C)c(C)cc1C. The number of carbonyl (C=O) groups excluding carboxylic acids is 2. The molecular weight excluding hydrogens is 204 g/mol. The van der Waals surface area contributed by atoms with Crippen molar-refractivity contribution in [3.8, 4) is 0 Å². The molecule has 0 spiro atoms. The number of Topliss-reactive ketones (excluding diaryl/α,β-unsaturated/α-hetero) is 1. The third-order valence-electron chi connectivity index (χ3n) is 2.55. The van der Waals surface area contributed by atoms with E-state index in [4.69, 9.17) is 4.74 Å². The third kappa shape index (κ3) is 2.92. The summed E-state index contributed by atoms with van der Waals surface area (Å²) in [5.41, 5.74) is 3.77. The highest BCUT2D eigenvalue weighted by atomic mass is 16.5. The summed E-state index contributed by atoms with van der Waals surface area (Å²) in [5.74, 6) is -0.592. The highest BCUT2D eigenvalue weighted by Crippen LogP contribution is 2.15. The Morgan fingerprint density at radius 3 is 2.19 bits per heavy atom. The molecule has 0 heterocycles. The van der Waals surface area contributed by atoms with Crippen LogP contribution in [-0.2, 0) is 9.53 Å². The largest absolute Gasteiger partial charge is 0.457 e. The molecule has 86 valence electrons. The van der Waals surface area contributed by atoms with Gasteiger partial charge in [0, 0.05) is 12.5 Å². The molecule has 0 N–H and O–H groups in total. The van der Waals surface area contributed by atoms with E-state index in [0.717, 1.165) is 16.7 Å². The van der Waals surface area contributed by atoms with E-state index in [9.17, 15) is 9.59 Å². The number of rotatable bonds is 3. The topological polar surface area (TPSA) is 43.4 Å². The van der Waals surface area contributed by atoms with Crippen LogP contribution in [0.15, 0.2) is 12.1 Å². The van der Waals surface area contributed by atoms with Crippen LogP contribution in [0, 0.1) is 20.8 Å². The van der Waals surface area contributed by atoms with Gasteiger partial charge in [-0.2, -0.15) is 0 Å². The Morgan fingerprint density at radius 1 is 1.06 bits per heavy atom. The average Bonchev–Trinajstić information content (AvgIpc) is 2.20. The maximum absolute atomic E-state index is 11.8. The second-order valence-corrected chi connectivity index (χ2v) is 3.95. The molecule has 0 aliphatic heterocycles. The molecule has 3 nitrogen and oxygen atoms in total. The van der Waals surface area contributed by atoms with E-state index in [-0.39, 0.29) is 12.4 Å². The summed E-state index contributed by atoms with van der Waals surface area (Å²) in [6, 6.07) is 3.81. The molecule has 0 aliphatic rings. The van der Waals surface area contributed by atoms with E-state index in [1.54, 1.807) is 0 Å². The first-order valence-electron chi connectivity index (χ1n) is 5.16. The Hall–Kier alpha value is -1.64. The maximum atomic E-state index is 11.8. The van der Waals surface area contributed by atoms with Gasteiger partial charge in [-0.15, -0.1) is 0 Å². The highest BCUT2D eigenvalue weighted by molar-refractivity contribution is 5.99. The molecule has 3 heteroatoms. The predicted octanol–water partition coefficient (Wildman–Crippen LogP) is 2.36. The summed E-state index contributed by atoms with van der Waals surface area (Å²) < 4.78 is 4.69. The van der Waals surface area contributed by atoms with Crippen molar-refractivity contribution < 1.29 is 14.3 Å². The molecule has 0 amide bonds. The van der Waals surface area contributed by atoms with Crippen molar-refractivity contribution >= 4 is 11.8 Å². The number of hydrogen-bond donors (Lipinski definition) is 0. The lowest BCUT2D eigenvalue weighted by molar-refractivity contribution is -0.139. The maximum Gasteiger partial charge on any atom is 0.303 e. The molecule has 1 aromatic carbocycles. The summed E-state index contributed by atoms with van der Waals surface area (Å²) in [5, 5.41) is 0. The minimum atomic E-state index is -0.435. The molecule has 0 saturated heterocycles. The average molecular weight is 220 g/mol. The molecule has 0 bridgehead atoms. The smallest absolute Gasteiger partial charge is 0.303 e. The lowest BCUT2D eigenvalue weighted by Gasteiger charge is -2.08. The van der Waals surface area contributed by atoms with Crippen LogP contribution in [-0.4, -0.2) is 18.4 Å². The Kier molecular flexibility index (Phi) is 3.82. The van der Waals surface area contributed by atoms with Crippen LogP contribution in [0.5, 0.6) is 0 Å². The molecule has 0 unspecified atom stereocenters. The van der Waals surface area contributed by atoms with Crippen molar-refractivity contribution in [2.45, 2.75) is 27.7 Å². The quantitative estimate of drug-likeness (QED) is 0.580. The minimum Gasteiger partial charge on any atom is -0.457 e. The van der Waals surface area contributed by atoms with Crippen LogP contribution in [0.3, 0.4) is 0 Å². The van der Waals surface area contributed by atoms with Gasteiger partial charge in [0.2, 0.25) is 5.78 Å². The van der Waals surface area contributed by atoms with Crippen LogP contribution in [0.1, 0.15) is 34.0 Å². The molecule has 0 aromatic heterocycles. The molecule has 0 fully saturated rings. The molecule has 0 radical (unpaired) electrons. The summed E-state index contributed by atoms with van der Waals surface area (Å²) >= 11 is 0. The summed E-state index contributed by atoms with van der Waals surface area (Å²) in [6.07, 6.45) is 0. The van der Waals surface area contributed by atoms with Gasteiger partial charge in [-0.05, 0) is 43.5 Å². The van der Waals surface area contributed by atoms with E-state index in [2.05, 4.69) is 0 Å². The van der Waals surface area contributed by atoms with E-state index < -0.39 is 5.97 Å². The number of carbonyl (C=O) groups is 2. The minimum absolute atomic E-state index is 0.157. The first-order chi connectivity index (χ1) is 7.41. The predicted molar refractivity (Wildman–Crippen MR) is 61.6 cm³/mol. The van der Waals surface area contributed by atoms with Gasteiger partial charge >= 0.3 is 5.97 Å². The van der Waals surface area contributed by atoms with Crippen LogP contribution in [0.4, 0.5) is 0 Å². The zero-order valence-corrected chi connectivity index (χ0v) is 10.1. The number of hydrogen-bond acceptors (Lipinski definition) is 3. The van der Waals surface area contributed by atoms with Crippen molar-refractivity contribution in [3.05, 3.63) is 34.4 Å². The number of benzene rings is 1. The van der Waals surface area contributed by atoms with Gasteiger partial charge in [0.05, 0.1) is 0 Å². The molecule has 1 rings (SSSR count). The Balaban J connectivity index is 2.91. The Labute approximate surface area is 95.4 Å². The monoisotopic (exact) mass is 220 g/mol. The molecular formula is C13H16O3. The van der Waals surface area contributed by atoms with Crippen molar-refractivity contribution in [3.63, 3.8) is 0 Å². The van der Waals surface area contributed by atoms with Crippen LogP contribution < -0.4 is 0 Å². The fraction of sp³-hybridized carbons (Fsp3) is 0.385. The van der Waals surface area contributed by atoms with Gasteiger partial charge in [-0.25, -0.2) is 0 Å². The molecule has 1 aromatic rings. The number of ether oxygens (including phenoxy) is 1. The first-order valence-corrected chi connectivity index (χ1v) is 5.16. The van der Waals surface area contributed by atoms with Gasteiger partial charge in [0.15, 0.2) is 6.61 Å². The zero-order chi connectivity index (χ0) is 12.3. The lowest BCUT2D eigenvalue weighted by Crippen LogP contribution is -2.13. The van der Waals surface area contributed by atoms with E-state index in [1.165, 1.54) is 6.92 Å². The van der Waals surface area contributed by atoms with Crippen molar-refractivity contribution in [2.75, 3.05) is 6.61 Å². The number of aryl methyl sites for hydroxylation is 3. The Bertz CT molecular complexity index is 433. The molecule has 0 aliphatic carbocycles. The normalized spacial score (nSPS) is 10.0. The second kappa shape index (κ2) is 4.92. The number of ketones is 1. The molecule has 0 saturated carbocycles. The van der Waals surface area contributed by atoms with Crippen molar-refractivity contribution in [1.29, 1.82) is 0 Å². The van der Waals surface area contributed by atoms with E-state index in [1.807, 2.05) is 32.9 Å². The fourth-order valence-corrected chi connectivity index (χ4v) is 1.51. The summed E-state index contributed by atoms with van der Waals surface area (Å²) in [6.45, 7) is 6.95. The van der Waals surface area contributed by atoms with Gasteiger partial charge in [0.1, 0.15) is 0 Å². The van der Waals surface area contributed by atoms with Gasteiger partial charge in [0.25, 0.3) is 0 Å². The molecule has 16 heavy (non-hydrogen) atoms. The van der Waals surface area contributed by atoms with Crippen molar-refractivity contribution in [1.82, 2.24) is 0 Å². The number of esters is 1. The lowest BCUT2D eigenvalue weighted by atomic mass is 9.98. The third-order valence-corrected chi connectivity index (χ3v) is 2.55. The van der Waals surface area contributed by atoms with Crippen molar-refractivity contribution in [2.24, 2.45) is 0 Å².